The highest BCUT2D eigenvalue weighted by Crippen LogP contribution is 2.43. The fourth-order valence-corrected chi connectivity index (χ4v) is 10.1. The number of aromatic hydroxyl groups is 1. The Bertz CT molecular complexity index is 2050. The average Bonchev–Trinajstić information content (AvgIpc) is 3.27. The molecule has 1 aliphatic heterocycles. The number of carbonyl (C=O) groups is 2. The number of ketones is 2. The van der Waals surface area contributed by atoms with Crippen molar-refractivity contribution in [3.63, 3.8) is 0 Å². The van der Waals surface area contributed by atoms with E-state index in [1.807, 2.05) is 12.1 Å². The monoisotopic (exact) mass is 829 g/mol. The van der Waals surface area contributed by atoms with Gasteiger partial charge in [0.15, 0.2) is 17.3 Å². The van der Waals surface area contributed by atoms with Crippen molar-refractivity contribution < 1.29 is 24.5 Å². The molecule has 6 N–H and O–H groups in total. The van der Waals surface area contributed by atoms with Crippen LogP contribution < -0.4 is 21.1 Å². The van der Waals surface area contributed by atoms with E-state index < -0.39 is 0 Å². The summed E-state index contributed by atoms with van der Waals surface area (Å²) in [6, 6.07) is 25.2. The predicted molar refractivity (Wildman–Crippen MR) is 246 cm³/mol. The van der Waals surface area contributed by atoms with Crippen molar-refractivity contribution >= 4 is 23.5 Å². The van der Waals surface area contributed by atoms with Gasteiger partial charge in [0, 0.05) is 25.3 Å². The van der Waals surface area contributed by atoms with E-state index in [0.29, 0.717) is 42.3 Å². The van der Waals surface area contributed by atoms with Crippen LogP contribution in [0.4, 0.5) is 5.82 Å². The van der Waals surface area contributed by atoms with Gasteiger partial charge in [-0.1, -0.05) is 67.1 Å². The first-order valence-corrected chi connectivity index (χ1v) is 22.7. The van der Waals surface area contributed by atoms with Crippen LogP contribution in [0.5, 0.6) is 11.5 Å². The highest BCUT2D eigenvalue weighted by molar-refractivity contribution is 6.06. The quantitative estimate of drug-likeness (QED) is 0.0369. The molecule has 2 aliphatic rings. The Balaban J connectivity index is 1.06. The van der Waals surface area contributed by atoms with Crippen molar-refractivity contribution in [2.45, 2.75) is 102 Å². The fourth-order valence-electron chi connectivity index (χ4n) is 10.1. The lowest BCUT2D eigenvalue weighted by atomic mass is 9.64. The van der Waals surface area contributed by atoms with E-state index >= 15 is 0 Å². The standard InChI is InChI=1S/C52H68N4O5/c1-54-49-23-21-42-34-55-25-24-47(42)48(49)28-37(14-8-26-57)13-7-15-45(58)33-46(59)22-20-40-31-51(61-2)50(60)30-43(40)29-44-35-56-52(53)32-41(44)19-18-39-12-6-11-38(27-39)17-16-36-9-4-3-5-10-36/h3-6,9-12,20,22,27,30-32,35,37,42,47-49,54-55,57,60H,7-8,13-19,21,23-26,28-29,33-34H2,1-2H3,(H2,53,56)/t37-,42-,47-,48-,49-/m0/s1. The Morgan fingerprint density at radius 3 is 2.44 bits per heavy atom. The van der Waals surface area contributed by atoms with E-state index in [1.165, 1.54) is 49.1 Å². The topological polar surface area (TPSA) is 147 Å². The zero-order valence-corrected chi connectivity index (χ0v) is 36.4. The number of phenols is 1. The summed E-state index contributed by atoms with van der Waals surface area (Å²) in [7, 11) is 3.59. The molecule has 0 bridgehead atoms. The van der Waals surface area contributed by atoms with Crippen LogP contribution in [0.3, 0.4) is 0 Å². The lowest BCUT2D eigenvalue weighted by Crippen LogP contribution is -2.50. The molecule has 0 spiro atoms. The van der Waals surface area contributed by atoms with Crippen molar-refractivity contribution in [1.82, 2.24) is 15.6 Å². The molecule has 1 saturated heterocycles. The zero-order valence-electron chi connectivity index (χ0n) is 36.4. The number of benzene rings is 3. The molecule has 2 heterocycles. The molecular formula is C52H68N4O5. The van der Waals surface area contributed by atoms with Crippen molar-refractivity contribution in [1.29, 1.82) is 0 Å². The summed E-state index contributed by atoms with van der Waals surface area (Å²) in [6.07, 6.45) is 17.5. The van der Waals surface area contributed by atoms with Crippen LogP contribution in [0, 0.1) is 23.7 Å². The number of methoxy groups -OCH3 is 1. The number of carbonyl (C=O) groups excluding carboxylic acids is 2. The number of rotatable bonds is 23. The van der Waals surface area contributed by atoms with Gasteiger partial charge in [0.25, 0.3) is 0 Å². The molecule has 61 heavy (non-hydrogen) atoms. The highest BCUT2D eigenvalue weighted by Gasteiger charge is 2.40. The number of aromatic nitrogens is 1. The van der Waals surface area contributed by atoms with Crippen LogP contribution in [-0.2, 0) is 41.7 Å². The SMILES string of the molecule is CN[C@H]1CC[C@H]2CNCC[C@@H]2[C@@H]1C[C@H](CCCO)CCCC(=O)CC(=O)C=Cc1cc(OC)c(O)cc1Cc1cnc(N)cc1CCc1cccc(CCc2ccccc2)c1. The van der Waals surface area contributed by atoms with Gasteiger partial charge in [0.05, 0.1) is 13.5 Å². The van der Waals surface area contributed by atoms with Gasteiger partial charge in [-0.2, -0.15) is 0 Å². The first kappa shape index (κ1) is 45.7. The Hall–Kier alpha value is -4.83. The van der Waals surface area contributed by atoms with Crippen molar-refractivity contribution in [2.24, 2.45) is 23.7 Å². The number of fused-ring (bicyclic) bond motifs is 1. The third-order valence-electron chi connectivity index (χ3n) is 13.4. The van der Waals surface area contributed by atoms with Crippen molar-refractivity contribution in [3.8, 4) is 11.5 Å². The number of nitrogens with one attached hydrogen (secondary N) is 2. The summed E-state index contributed by atoms with van der Waals surface area (Å²) in [5.74, 6) is 2.97. The molecule has 2 fully saturated rings. The summed E-state index contributed by atoms with van der Waals surface area (Å²) in [5.41, 5.74) is 13.7. The second-order valence-electron chi connectivity index (χ2n) is 17.5. The minimum absolute atomic E-state index is 0.00579. The number of anilines is 1. The third-order valence-corrected chi connectivity index (χ3v) is 13.4. The van der Waals surface area contributed by atoms with Crippen LogP contribution in [0.2, 0.25) is 0 Å². The van der Waals surface area contributed by atoms with Crippen molar-refractivity contribution in [3.05, 3.63) is 124 Å². The smallest absolute Gasteiger partial charge is 0.163 e. The van der Waals surface area contributed by atoms with Crippen LogP contribution >= 0.6 is 0 Å². The maximum absolute atomic E-state index is 13.2. The van der Waals surface area contributed by atoms with Gasteiger partial charge in [-0.05, 0) is 184 Å². The molecule has 0 unspecified atom stereocenters. The second-order valence-corrected chi connectivity index (χ2v) is 17.5. The molecule has 1 saturated carbocycles. The van der Waals surface area contributed by atoms with Crippen LogP contribution in [0.1, 0.15) is 103 Å². The van der Waals surface area contributed by atoms with Gasteiger partial charge < -0.3 is 31.3 Å². The Kier molecular flexibility index (Phi) is 17.5. The number of aryl methyl sites for hydroxylation is 4. The Labute approximate surface area is 363 Å². The largest absolute Gasteiger partial charge is 0.504 e. The van der Waals surface area contributed by atoms with Crippen LogP contribution in [0.15, 0.2) is 85.1 Å². The second kappa shape index (κ2) is 23.4. The van der Waals surface area contributed by atoms with Gasteiger partial charge >= 0.3 is 0 Å². The number of nitrogen functional groups attached to an aromatic ring is 1. The number of nitrogens with two attached hydrogens (primary N) is 1. The first-order chi connectivity index (χ1) is 29.7. The first-order valence-electron chi connectivity index (χ1n) is 22.7. The number of Topliss-reactive ketones (excluding diaryl/α,β-unsaturated/α-hetero) is 1. The van der Waals surface area contributed by atoms with Gasteiger partial charge in [-0.3, -0.25) is 9.59 Å². The summed E-state index contributed by atoms with van der Waals surface area (Å²) in [4.78, 5) is 30.8. The number of phenolic OH excluding ortho intramolecular Hbond substituents is 1. The molecule has 0 amide bonds. The normalized spacial score (nSPS) is 19.4. The van der Waals surface area contributed by atoms with Gasteiger partial charge in [0.1, 0.15) is 11.6 Å². The molecule has 1 aliphatic carbocycles. The minimum atomic E-state index is -0.253. The van der Waals surface area contributed by atoms with Gasteiger partial charge in [0.2, 0.25) is 0 Å². The number of hydrogen-bond donors (Lipinski definition) is 5. The van der Waals surface area contributed by atoms with E-state index in [4.69, 9.17) is 10.5 Å². The summed E-state index contributed by atoms with van der Waals surface area (Å²) in [6.45, 7) is 2.39. The van der Waals surface area contributed by atoms with E-state index in [0.717, 1.165) is 105 Å². The molecule has 5 atom stereocenters. The summed E-state index contributed by atoms with van der Waals surface area (Å²) < 4.78 is 5.44. The molecule has 326 valence electrons. The number of pyridine rings is 1. The number of hydrogen-bond acceptors (Lipinski definition) is 9. The minimum Gasteiger partial charge on any atom is -0.504 e. The number of allylic oxidation sites excluding steroid dienone is 1. The number of nitrogens with zero attached hydrogens (tertiary/aromatic N) is 1. The lowest BCUT2D eigenvalue weighted by Gasteiger charge is -2.47. The molecule has 4 aromatic rings. The third kappa shape index (κ3) is 13.6. The molecule has 9 nitrogen and oxygen atoms in total. The van der Waals surface area contributed by atoms with E-state index in [-0.39, 0.29) is 30.3 Å². The molecular weight excluding hydrogens is 761 g/mol. The summed E-state index contributed by atoms with van der Waals surface area (Å²) in [5, 5.41) is 27.7. The fraction of sp³-hybridized carbons (Fsp3) is 0.481. The molecule has 0 radical (unpaired) electrons. The molecule has 1 aromatic heterocycles. The molecule has 6 rings (SSSR count). The number of aliphatic hydroxyl groups is 1. The maximum Gasteiger partial charge on any atom is 0.163 e. The van der Waals surface area contributed by atoms with Crippen molar-refractivity contribution in [2.75, 3.05) is 39.6 Å². The number of ether oxygens (including phenoxy) is 1. The number of piperidine rings is 1. The molecule has 9 heteroatoms. The Morgan fingerprint density at radius 2 is 1.67 bits per heavy atom. The van der Waals surface area contributed by atoms with E-state index in [2.05, 4.69) is 71.2 Å². The Morgan fingerprint density at radius 1 is 0.918 bits per heavy atom. The van der Waals surface area contributed by atoms with Crippen LogP contribution in [-0.4, -0.2) is 66.7 Å². The van der Waals surface area contributed by atoms with E-state index in [1.54, 1.807) is 24.4 Å². The maximum atomic E-state index is 13.2. The van der Waals surface area contributed by atoms with Gasteiger partial charge in [-0.15, -0.1) is 0 Å². The lowest BCUT2D eigenvalue weighted by molar-refractivity contribution is -0.124. The predicted octanol–water partition coefficient (Wildman–Crippen LogP) is 8.25. The average molecular weight is 829 g/mol. The molecule has 3 aromatic carbocycles. The summed E-state index contributed by atoms with van der Waals surface area (Å²) >= 11 is 0. The van der Waals surface area contributed by atoms with Crippen LogP contribution in [0.25, 0.3) is 6.08 Å². The highest BCUT2D eigenvalue weighted by atomic mass is 16.5. The van der Waals surface area contributed by atoms with E-state index in [9.17, 15) is 19.8 Å². The number of aliphatic hydroxyl groups excluding tert-OH is 1. The van der Waals surface area contributed by atoms with Gasteiger partial charge in [-0.25, -0.2) is 4.98 Å². The zero-order chi connectivity index (χ0) is 43.0.